The summed E-state index contributed by atoms with van der Waals surface area (Å²) in [6.45, 7) is 8.90. The molecule has 1 aliphatic heterocycles. The number of nitrogens with zero attached hydrogens (tertiary/aromatic N) is 5. The van der Waals surface area contributed by atoms with E-state index in [0.29, 0.717) is 38.4 Å². The normalized spacial score (nSPS) is 14.3. The first-order valence-corrected chi connectivity index (χ1v) is 9.65. The van der Waals surface area contributed by atoms with Crippen molar-refractivity contribution < 1.29 is 9.59 Å². The molecule has 0 atom stereocenters. The van der Waals surface area contributed by atoms with Crippen molar-refractivity contribution >= 4 is 17.6 Å². The summed E-state index contributed by atoms with van der Waals surface area (Å²) in [5.74, 6) is 0.706. The number of aromatic nitrogens is 2. The molecule has 1 fully saturated rings. The smallest absolute Gasteiger partial charge is 0.274 e. The second kappa shape index (κ2) is 8.82. The predicted molar refractivity (Wildman–Crippen MR) is 108 cm³/mol. The number of hydrogen-bond acceptors (Lipinski definition) is 5. The number of carbonyl (C=O) groups excluding carboxylic acids is 2. The van der Waals surface area contributed by atoms with Crippen LogP contribution < -0.4 is 4.90 Å². The van der Waals surface area contributed by atoms with Crippen LogP contribution in [0.1, 0.15) is 36.8 Å². The van der Waals surface area contributed by atoms with Crippen molar-refractivity contribution in [2.45, 2.75) is 33.4 Å². The molecule has 0 N–H and O–H groups in total. The van der Waals surface area contributed by atoms with Gasteiger partial charge in [0.2, 0.25) is 5.91 Å². The summed E-state index contributed by atoms with van der Waals surface area (Å²) in [6.07, 6.45) is 0. The Balaban J connectivity index is 1.67. The van der Waals surface area contributed by atoms with Gasteiger partial charge in [-0.15, -0.1) is 10.2 Å². The van der Waals surface area contributed by atoms with Crippen LogP contribution in [0.5, 0.6) is 0 Å². The monoisotopic (exact) mass is 381 g/mol. The van der Waals surface area contributed by atoms with Crippen LogP contribution in [0.2, 0.25) is 0 Å². The largest absolute Gasteiger partial charge is 0.352 e. The second-order valence-corrected chi connectivity index (χ2v) is 7.28. The van der Waals surface area contributed by atoms with E-state index in [4.69, 9.17) is 0 Å². The summed E-state index contributed by atoms with van der Waals surface area (Å²) < 4.78 is 0. The lowest BCUT2D eigenvalue weighted by Gasteiger charge is -2.34. The SMILES string of the molecule is CC(=O)N1CCN(c2ccc(C(=O)N(Cc3ccccc3)C(C)C)nn2)CC1. The van der Waals surface area contributed by atoms with E-state index in [-0.39, 0.29) is 17.9 Å². The summed E-state index contributed by atoms with van der Waals surface area (Å²) in [7, 11) is 0. The van der Waals surface area contributed by atoms with Gasteiger partial charge in [-0.1, -0.05) is 30.3 Å². The van der Waals surface area contributed by atoms with Gasteiger partial charge in [0.25, 0.3) is 5.91 Å². The fraction of sp³-hybridized carbons (Fsp3) is 0.429. The maximum Gasteiger partial charge on any atom is 0.274 e. The highest BCUT2D eigenvalue weighted by Gasteiger charge is 2.23. The fourth-order valence-corrected chi connectivity index (χ4v) is 3.27. The van der Waals surface area contributed by atoms with Crippen molar-refractivity contribution in [1.82, 2.24) is 20.0 Å². The first-order valence-electron chi connectivity index (χ1n) is 9.65. The van der Waals surface area contributed by atoms with E-state index in [1.807, 2.05) is 55.1 Å². The average Bonchev–Trinajstić information content (AvgIpc) is 2.72. The maximum atomic E-state index is 13.0. The van der Waals surface area contributed by atoms with Gasteiger partial charge in [-0.05, 0) is 31.5 Å². The highest BCUT2D eigenvalue weighted by molar-refractivity contribution is 5.92. The molecule has 0 bridgehead atoms. The molecule has 0 saturated carbocycles. The molecule has 7 nitrogen and oxygen atoms in total. The lowest BCUT2D eigenvalue weighted by Crippen LogP contribution is -2.48. The number of hydrogen-bond donors (Lipinski definition) is 0. The lowest BCUT2D eigenvalue weighted by molar-refractivity contribution is -0.129. The van der Waals surface area contributed by atoms with Crippen molar-refractivity contribution in [3.8, 4) is 0 Å². The van der Waals surface area contributed by atoms with Crippen LogP contribution in [0.4, 0.5) is 5.82 Å². The Bertz CT molecular complexity index is 799. The molecule has 0 unspecified atom stereocenters. The van der Waals surface area contributed by atoms with Gasteiger partial charge in [-0.2, -0.15) is 0 Å². The Hall–Kier alpha value is -2.96. The van der Waals surface area contributed by atoms with Gasteiger partial charge >= 0.3 is 0 Å². The highest BCUT2D eigenvalue weighted by atomic mass is 16.2. The molecule has 0 radical (unpaired) electrons. The first kappa shape index (κ1) is 19.8. The van der Waals surface area contributed by atoms with Crippen molar-refractivity contribution in [3.63, 3.8) is 0 Å². The number of anilines is 1. The number of rotatable bonds is 5. The van der Waals surface area contributed by atoms with Gasteiger partial charge in [0.15, 0.2) is 11.5 Å². The van der Waals surface area contributed by atoms with Crippen LogP contribution in [0.25, 0.3) is 0 Å². The van der Waals surface area contributed by atoms with E-state index in [2.05, 4.69) is 15.1 Å². The second-order valence-electron chi connectivity index (χ2n) is 7.28. The minimum Gasteiger partial charge on any atom is -0.352 e. The van der Waals surface area contributed by atoms with Crippen LogP contribution in [-0.4, -0.2) is 64.0 Å². The topological polar surface area (TPSA) is 69.6 Å². The molecule has 0 aliphatic carbocycles. The van der Waals surface area contributed by atoms with E-state index < -0.39 is 0 Å². The van der Waals surface area contributed by atoms with Crippen molar-refractivity contribution in [3.05, 3.63) is 53.7 Å². The van der Waals surface area contributed by atoms with Gasteiger partial charge in [0.05, 0.1) is 0 Å². The first-order chi connectivity index (χ1) is 13.5. The predicted octanol–water partition coefficient (Wildman–Crippen LogP) is 2.20. The molecule has 2 aromatic rings. The Kier molecular flexibility index (Phi) is 6.23. The van der Waals surface area contributed by atoms with E-state index in [0.717, 1.165) is 11.4 Å². The van der Waals surface area contributed by atoms with E-state index >= 15 is 0 Å². The zero-order valence-corrected chi connectivity index (χ0v) is 16.7. The summed E-state index contributed by atoms with van der Waals surface area (Å²) in [4.78, 5) is 30.1. The van der Waals surface area contributed by atoms with Gasteiger partial charge < -0.3 is 14.7 Å². The Morgan fingerprint density at radius 1 is 1.00 bits per heavy atom. The number of amides is 2. The summed E-state index contributed by atoms with van der Waals surface area (Å²) >= 11 is 0. The molecule has 1 saturated heterocycles. The molecular weight excluding hydrogens is 354 g/mol. The van der Waals surface area contributed by atoms with Gasteiger partial charge in [-0.3, -0.25) is 9.59 Å². The average molecular weight is 381 g/mol. The van der Waals surface area contributed by atoms with Crippen molar-refractivity contribution in [2.75, 3.05) is 31.1 Å². The molecule has 1 aromatic carbocycles. The Morgan fingerprint density at radius 3 is 2.21 bits per heavy atom. The lowest BCUT2D eigenvalue weighted by atomic mass is 10.1. The number of benzene rings is 1. The third-order valence-corrected chi connectivity index (χ3v) is 5.00. The quantitative estimate of drug-likeness (QED) is 0.794. The summed E-state index contributed by atoms with van der Waals surface area (Å²) in [5, 5.41) is 8.46. The standard InChI is InChI=1S/C21H27N5O2/c1-16(2)26(15-18-7-5-4-6-8-18)21(28)19-9-10-20(23-22-19)25-13-11-24(12-14-25)17(3)27/h4-10,16H,11-15H2,1-3H3. The third-order valence-electron chi connectivity index (χ3n) is 5.00. The van der Waals surface area contributed by atoms with Crippen molar-refractivity contribution in [2.24, 2.45) is 0 Å². The number of carbonyl (C=O) groups is 2. The van der Waals surface area contributed by atoms with Crippen LogP contribution in [-0.2, 0) is 11.3 Å². The van der Waals surface area contributed by atoms with Crippen LogP contribution in [0, 0.1) is 0 Å². The molecule has 2 heterocycles. The highest BCUT2D eigenvalue weighted by Crippen LogP contribution is 2.16. The molecule has 0 spiro atoms. The van der Waals surface area contributed by atoms with Crippen LogP contribution >= 0.6 is 0 Å². The Morgan fingerprint density at radius 2 is 1.68 bits per heavy atom. The maximum absolute atomic E-state index is 13.0. The molecule has 3 rings (SSSR count). The third kappa shape index (κ3) is 4.65. The van der Waals surface area contributed by atoms with Crippen LogP contribution in [0.3, 0.4) is 0 Å². The van der Waals surface area contributed by atoms with Gasteiger partial charge in [0.1, 0.15) is 0 Å². The molecular formula is C21H27N5O2. The van der Waals surface area contributed by atoms with E-state index in [1.54, 1.807) is 17.9 Å². The molecule has 7 heteroatoms. The fourth-order valence-electron chi connectivity index (χ4n) is 3.27. The Labute approximate surface area is 166 Å². The summed E-state index contributed by atoms with van der Waals surface area (Å²) in [6, 6.07) is 13.6. The molecule has 148 valence electrons. The molecule has 1 aromatic heterocycles. The zero-order valence-electron chi connectivity index (χ0n) is 16.7. The zero-order chi connectivity index (χ0) is 20.1. The van der Waals surface area contributed by atoms with Gasteiger partial charge in [-0.25, -0.2) is 0 Å². The molecule has 2 amide bonds. The molecule has 28 heavy (non-hydrogen) atoms. The number of piperazine rings is 1. The minimum absolute atomic E-state index is 0.0499. The summed E-state index contributed by atoms with van der Waals surface area (Å²) in [5.41, 5.74) is 1.42. The molecule has 1 aliphatic rings. The van der Waals surface area contributed by atoms with Crippen LogP contribution in [0.15, 0.2) is 42.5 Å². The van der Waals surface area contributed by atoms with E-state index in [9.17, 15) is 9.59 Å². The van der Waals surface area contributed by atoms with E-state index in [1.165, 1.54) is 0 Å². The van der Waals surface area contributed by atoms with Crippen molar-refractivity contribution in [1.29, 1.82) is 0 Å². The van der Waals surface area contributed by atoms with Gasteiger partial charge in [0, 0.05) is 45.7 Å². The minimum atomic E-state index is -0.126.